The Morgan fingerprint density at radius 3 is 2.35 bits per heavy atom. The highest BCUT2D eigenvalue weighted by molar-refractivity contribution is 6.30. The van der Waals surface area contributed by atoms with Gasteiger partial charge in [0.05, 0.1) is 5.02 Å². The van der Waals surface area contributed by atoms with Crippen LogP contribution in [0.2, 0.25) is 5.02 Å². The van der Waals surface area contributed by atoms with Gasteiger partial charge in [0.2, 0.25) is 0 Å². The summed E-state index contributed by atoms with van der Waals surface area (Å²) in [5.74, 6) is 2.93. The smallest absolute Gasteiger partial charge is 0.135 e. The van der Waals surface area contributed by atoms with E-state index >= 15 is 0 Å². The molecule has 0 N–H and O–H groups in total. The van der Waals surface area contributed by atoms with Gasteiger partial charge in [-0.15, -0.1) is 0 Å². The molecule has 122 valence electrons. The predicted octanol–water partition coefficient (Wildman–Crippen LogP) is 3.03. The van der Waals surface area contributed by atoms with E-state index in [1.165, 1.54) is 5.56 Å². The van der Waals surface area contributed by atoms with E-state index in [1.807, 2.05) is 19.1 Å². The fourth-order valence-electron chi connectivity index (χ4n) is 3.10. The van der Waals surface area contributed by atoms with Crippen LogP contribution in [-0.2, 0) is 6.42 Å². The zero-order chi connectivity index (χ0) is 16.4. The van der Waals surface area contributed by atoms with Gasteiger partial charge in [0.1, 0.15) is 17.5 Å². The van der Waals surface area contributed by atoms with Gasteiger partial charge in [-0.2, -0.15) is 0 Å². The number of pyridine rings is 1. The summed E-state index contributed by atoms with van der Waals surface area (Å²) >= 11 is 5.91. The summed E-state index contributed by atoms with van der Waals surface area (Å²) in [7, 11) is 0. The number of rotatable bonds is 3. The fourth-order valence-corrected chi connectivity index (χ4v) is 3.21. The van der Waals surface area contributed by atoms with Gasteiger partial charge in [0.25, 0.3) is 0 Å². The molecule has 0 aliphatic carbocycles. The highest BCUT2D eigenvalue weighted by Crippen LogP contribution is 2.24. The van der Waals surface area contributed by atoms with Crippen molar-refractivity contribution >= 4 is 23.2 Å². The van der Waals surface area contributed by atoms with Crippen LogP contribution in [0.25, 0.3) is 0 Å². The Balaban J connectivity index is 1.75. The van der Waals surface area contributed by atoms with Crippen molar-refractivity contribution in [2.75, 3.05) is 36.0 Å². The maximum Gasteiger partial charge on any atom is 0.135 e. The largest absolute Gasteiger partial charge is 0.353 e. The molecule has 3 heterocycles. The third-order valence-corrected chi connectivity index (χ3v) is 4.50. The van der Waals surface area contributed by atoms with Gasteiger partial charge in [0.15, 0.2) is 0 Å². The Morgan fingerprint density at radius 1 is 1.04 bits per heavy atom. The molecule has 1 fully saturated rings. The second-order valence-electron chi connectivity index (χ2n) is 5.82. The van der Waals surface area contributed by atoms with Crippen LogP contribution < -0.4 is 9.80 Å². The van der Waals surface area contributed by atoms with E-state index in [4.69, 9.17) is 16.6 Å². The lowest BCUT2D eigenvalue weighted by Crippen LogP contribution is -2.47. The summed E-state index contributed by atoms with van der Waals surface area (Å²) in [4.78, 5) is 18.3. The van der Waals surface area contributed by atoms with E-state index in [0.717, 1.165) is 55.8 Å². The van der Waals surface area contributed by atoms with E-state index in [9.17, 15) is 0 Å². The average molecular weight is 332 g/mol. The Kier molecular flexibility index (Phi) is 4.66. The van der Waals surface area contributed by atoms with Crippen molar-refractivity contribution in [3.63, 3.8) is 0 Å². The van der Waals surface area contributed by atoms with Gasteiger partial charge in [-0.3, -0.25) is 0 Å². The molecule has 0 unspecified atom stereocenters. The van der Waals surface area contributed by atoms with E-state index in [2.05, 4.69) is 33.6 Å². The minimum Gasteiger partial charge on any atom is -0.353 e. The first-order valence-corrected chi connectivity index (χ1v) is 8.42. The molecular weight excluding hydrogens is 310 g/mol. The predicted molar refractivity (Wildman–Crippen MR) is 94.6 cm³/mol. The number of hydrogen-bond donors (Lipinski definition) is 0. The summed E-state index contributed by atoms with van der Waals surface area (Å²) in [5, 5.41) is 0.673. The number of halogens is 1. The van der Waals surface area contributed by atoms with Gasteiger partial charge in [-0.05, 0) is 32.4 Å². The number of aromatic nitrogens is 3. The molecule has 5 nitrogen and oxygen atoms in total. The van der Waals surface area contributed by atoms with Gasteiger partial charge in [-0.25, -0.2) is 15.0 Å². The van der Waals surface area contributed by atoms with Crippen molar-refractivity contribution in [1.29, 1.82) is 0 Å². The SMILES string of the molecule is CCc1c(C)nc(C)nc1N1CCN(c2ccc(Cl)cn2)CC1. The minimum absolute atomic E-state index is 0.673. The summed E-state index contributed by atoms with van der Waals surface area (Å²) in [6, 6.07) is 3.87. The molecule has 0 atom stereocenters. The summed E-state index contributed by atoms with van der Waals surface area (Å²) < 4.78 is 0. The molecule has 1 aliphatic rings. The second-order valence-corrected chi connectivity index (χ2v) is 6.26. The van der Waals surface area contributed by atoms with Crippen molar-refractivity contribution < 1.29 is 0 Å². The van der Waals surface area contributed by atoms with Crippen LogP contribution in [-0.4, -0.2) is 41.1 Å². The van der Waals surface area contributed by atoms with Crippen LogP contribution in [0.5, 0.6) is 0 Å². The molecule has 0 amide bonds. The molecule has 0 spiro atoms. The third-order valence-electron chi connectivity index (χ3n) is 4.27. The molecule has 0 aromatic carbocycles. The first-order valence-electron chi connectivity index (χ1n) is 8.04. The fraction of sp³-hybridized carbons (Fsp3) is 0.471. The van der Waals surface area contributed by atoms with E-state index in [-0.39, 0.29) is 0 Å². The summed E-state index contributed by atoms with van der Waals surface area (Å²) in [5.41, 5.74) is 2.35. The molecule has 0 radical (unpaired) electrons. The van der Waals surface area contributed by atoms with Gasteiger partial charge < -0.3 is 9.80 Å². The van der Waals surface area contributed by atoms with E-state index in [1.54, 1.807) is 6.20 Å². The number of anilines is 2. The quantitative estimate of drug-likeness (QED) is 0.865. The van der Waals surface area contributed by atoms with Crippen LogP contribution in [0.3, 0.4) is 0 Å². The van der Waals surface area contributed by atoms with Crippen molar-refractivity contribution in [2.45, 2.75) is 27.2 Å². The number of piperazine rings is 1. The Morgan fingerprint density at radius 2 is 1.74 bits per heavy atom. The molecule has 3 rings (SSSR count). The number of nitrogens with zero attached hydrogens (tertiary/aromatic N) is 5. The number of aryl methyl sites for hydroxylation is 2. The molecular formula is C17H22ClN5. The molecule has 0 bridgehead atoms. The van der Waals surface area contributed by atoms with Crippen LogP contribution in [0.15, 0.2) is 18.3 Å². The molecule has 23 heavy (non-hydrogen) atoms. The van der Waals surface area contributed by atoms with Crippen molar-refractivity contribution in [3.05, 3.63) is 40.4 Å². The molecule has 6 heteroatoms. The monoisotopic (exact) mass is 331 g/mol. The highest BCUT2D eigenvalue weighted by atomic mass is 35.5. The lowest BCUT2D eigenvalue weighted by molar-refractivity contribution is 0.636. The Labute approximate surface area is 142 Å². The maximum atomic E-state index is 5.91. The zero-order valence-corrected chi connectivity index (χ0v) is 14.6. The number of hydrogen-bond acceptors (Lipinski definition) is 5. The third kappa shape index (κ3) is 3.39. The molecule has 1 saturated heterocycles. The van der Waals surface area contributed by atoms with Gasteiger partial charge in [0, 0.05) is 43.6 Å². The molecule has 2 aromatic heterocycles. The van der Waals surface area contributed by atoms with Crippen LogP contribution in [0.4, 0.5) is 11.6 Å². The van der Waals surface area contributed by atoms with Crippen LogP contribution in [0, 0.1) is 13.8 Å². The molecule has 0 saturated carbocycles. The van der Waals surface area contributed by atoms with Gasteiger partial charge >= 0.3 is 0 Å². The normalized spacial score (nSPS) is 15.1. The Hall–Kier alpha value is -1.88. The highest BCUT2D eigenvalue weighted by Gasteiger charge is 2.22. The van der Waals surface area contributed by atoms with E-state index in [0.29, 0.717) is 5.02 Å². The van der Waals surface area contributed by atoms with E-state index < -0.39 is 0 Å². The van der Waals surface area contributed by atoms with Crippen molar-refractivity contribution in [1.82, 2.24) is 15.0 Å². The lowest BCUT2D eigenvalue weighted by atomic mass is 10.1. The second kappa shape index (κ2) is 6.71. The first kappa shape index (κ1) is 16.0. The van der Waals surface area contributed by atoms with Crippen molar-refractivity contribution in [2.24, 2.45) is 0 Å². The Bertz CT molecular complexity index is 678. The zero-order valence-electron chi connectivity index (χ0n) is 13.9. The minimum atomic E-state index is 0.673. The maximum absolute atomic E-state index is 5.91. The summed E-state index contributed by atoms with van der Waals surface area (Å²) in [6.45, 7) is 9.94. The van der Waals surface area contributed by atoms with Crippen LogP contribution in [0.1, 0.15) is 24.0 Å². The molecule has 2 aromatic rings. The van der Waals surface area contributed by atoms with Gasteiger partial charge in [-0.1, -0.05) is 18.5 Å². The summed E-state index contributed by atoms with van der Waals surface area (Å²) in [6.07, 6.45) is 2.66. The van der Waals surface area contributed by atoms with Crippen molar-refractivity contribution in [3.8, 4) is 0 Å². The lowest BCUT2D eigenvalue weighted by Gasteiger charge is -2.37. The first-order chi connectivity index (χ1) is 11.1. The standard InChI is InChI=1S/C17H22ClN5/c1-4-15-12(2)20-13(3)21-17(15)23-9-7-22(8-10-23)16-6-5-14(18)11-19-16/h5-6,11H,4,7-10H2,1-3H3. The van der Waals surface area contributed by atoms with Crippen LogP contribution >= 0.6 is 11.6 Å². The molecule has 1 aliphatic heterocycles. The topological polar surface area (TPSA) is 45.2 Å². The average Bonchev–Trinajstić information content (AvgIpc) is 2.55.